The highest BCUT2D eigenvalue weighted by atomic mass is 16.5. The SMILES string of the molecule is COCC(C)N(C)CC(N)(C(=O)OC)C1CC1. The van der Waals surface area contributed by atoms with Crippen LogP contribution in [-0.4, -0.2) is 56.9 Å². The molecule has 0 saturated heterocycles. The smallest absolute Gasteiger partial charge is 0.327 e. The van der Waals surface area contributed by atoms with Crippen molar-refractivity contribution in [3.63, 3.8) is 0 Å². The maximum absolute atomic E-state index is 11.8. The summed E-state index contributed by atoms with van der Waals surface area (Å²) in [5.41, 5.74) is 5.37. The lowest BCUT2D eigenvalue weighted by atomic mass is 9.93. The van der Waals surface area contributed by atoms with Gasteiger partial charge in [-0.1, -0.05) is 0 Å². The number of esters is 1. The number of hydrogen-bond acceptors (Lipinski definition) is 5. The van der Waals surface area contributed by atoms with Crippen molar-refractivity contribution in [2.45, 2.75) is 31.3 Å². The third kappa shape index (κ3) is 3.40. The van der Waals surface area contributed by atoms with E-state index in [9.17, 15) is 4.79 Å². The highest BCUT2D eigenvalue weighted by molar-refractivity contribution is 5.81. The molecule has 2 atom stereocenters. The van der Waals surface area contributed by atoms with Crippen molar-refractivity contribution in [2.75, 3.05) is 34.4 Å². The van der Waals surface area contributed by atoms with Gasteiger partial charge in [0.2, 0.25) is 0 Å². The maximum atomic E-state index is 11.8. The number of methoxy groups -OCH3 is 2. The molecule has 0 aromatic heterocycles. The van der Waals surface area contributed by atoms with Crippen LogP contribution in [0.15, 0.2) is 0 Å². The van der Waals surface area contributed by atoms with Crippen molar-refractivity contribution in [1.29, 1.82) is 0 Å². The van der Waals surface area contributed by atoms with E-state index in [1.165, 1.54) is 7.11 Å². The van der Waals surface area contributed by atoms with Gasteiger partial charge < -0.3 is 15.2 Å². The van der Waals surface area contributed by atoms with Gasteiger partial charge in [0.25, 0.3) is 0 Å². The lowest BCUT2D eigenvalue weighted by Crippen LogP contribution is -2.59. The molecule has 1 saturated carbocycles. The van der Waals surface area contributed by atoms with Crippen molar-refractivity contribution in [3.05, 3.63) is 0 Å². The predicted molar refractivity (Wildman–Crippen MR) is 65.6 cm³/mol. The average Bonchev–Trinajstić information content (AvgIpc) is 3.11. The minimum Gasteiger partial charge on any atom is -0.468 e. The van der Waals surface area contributed by atoms with Gasteiger partial charge in [-0.3, -0.25) is 9.69 Å². The topological polar surface area (TPSA) is 64.8 Å². The van der Waals surface area contributed by atoms with Crippen LogP contribution in [0.25, 0.3) is 0 Å². The molecule has 0 bridgehead atoms. The molecule has 0 aliphatic heterocycles. The minimum absolute atomic E-state index is 0.228. The number of carbonyl (C=O) groups excluding carboxylic acids is 1. The molecule has 5 heteroatoms. The summed E-state index contributed by atoms with van der Waals surface area (Å²) in [7, 11) is 5.02. The first-order chi connectivity index (χ1) is 7.95. The Morgan fingerprint density at radius 1 is 1.53 bits per heavy atom. The Morgan fingerprint density at radius 3 is 2.53 bits per heavy atom. The Kier molecular flexibility index (Phi) is 4.91. The predicted octanol–water partition coefficient (Wildman–Crippen LogP) is 0.234. The van der Waals surface area contributed by atoms with Crippen LogP contribution in [0.5, 0.6) is 0 Å². The van der Waals surface area contributed by atoms with E-state index in [-0.39, 0.29) is 17.9 Å². The molecule has 0 spiro atoms. The van der Waals surface area contributed by atoms with Gasteiger partial charge in [-0.2, -0.15) is 0 Å². The van der Waals surface area contributed by atoms with Crippen LogP contribution in [0, 0.1) is 5.92 Å². The van der Waals surface area contributed by atoms with E-state index in [1.807, 2.05) is 14.0 Å². The second-order valence-corrected chi connectivity index (χ2v) is 5.03. The van der Waals surface area contributed by atoms with Gasteiger partial charge in [0, 0.05) is 19.7 Å². The third-order valence-corrected chi connectivity index (χ3v) is 3.54. The number of nitrogens with two attached hydrogens (primary N) is 1. The van der Waals surface area contributed by atoms with E-state index in [2.05, 4.69) is 4.90 Å². The lowest BCUT2D eigenvalue weighted by Gasteiger charge is -2.34. The number of hydrogen-bond donors (Lipinski definition) is 1. The molecular formula is C12H24N2O3. The number of likely N-dealkylation sites (N-methyl/N-ethyl adjacent to an activating group) is 1. The molecule has 2 N–H and O–H groups in total. The molecule has 100 valence electrons. The number of carbonyl (C=O) groups is 1. The first kappa shape index (κ1) is 14.4. The highest BCUT2D eigenvalue weighted by Gasteiger charge is 2.49. The fourth-order valence-corrected chi connectivity index (χ4v) is 2.09. The van der Waals surface area contributed by atoms with Crippen molar-refractivity contribution in [2.24, 2.45) is 11.7 Å². The normalized spacial score (nSPS) is 21.1. The van der Waals surface area contributed by atoms with Crippen LogP contribution >= 0.6 is 0 Å². The summed E-state index contributed by atoms with van der Waals surface area (Å²) in [5.74, 6) is -0.0522. The van der Waals surface area contributed by atoms with Gasteiger partial charge in [0.15, 0.2) is 0 Å². The summed E-state index contributed by atoms with van der Waals surface area (Å²) in [5, 5.41) is 0. The number of ether oxygens (including phenoxy) is 2. The molecular weight excluding hydrogens is 220 g/mol. The summed E-state index contributed by atoms with van der Waals surface area (Å²) in [6.45, 7) is 3.18. The highest BCUT2D eigenvalue weighted by Crippen LogP contribution is 2.39. The molecule has 1 aliphatic carbocycles. The first-order valence-corrected chi connectivity index (χ1v) is 6.02. The van der Waals surface area contributed by atoms with Crippen LogP contribution in [0.4, 0.5) is 0 Å². The van der Waals surface area contributed by atoms with Crippen molar-refractivity contribution < 1.29 is 14.3 Å². The maximum Gasteiger partial charge on any atom is 0.327 e. The van der Waals surface area contributed by atoms with Gasteiger partial charge in [-0.05, 0) is 32.7 Å². The Morgan fingerprint density at radius 2 is 2.12 bits per heavy atom. The molecule has 1 fully saturated rings. The summed E-state index contributed by atoms with van der Waals surface area (Å²) in [6, 6.07) is 0.228. The van der Waals surface area contributed by atoms with Crippen LogP contribution < -0.4 is 5.73 Å². The van der Waals surface area contributed by atoms with Crippen LogP contribution in [0.1, 0.15) is 19.8 Å². The molecule has 1 aliphatic rings. The Hall–Kier alpha value is -0.650. The molecule has 1 rings (SSSR count). The Bertz CT molecular complexity index is 268. The van der Waals surface area contributed by atoms with Gasteiger partial charge in [0.05, 0.1) is 13.7 Å². The summed E-state index contributed by atoms with van der Waals surface area (Å²) in [4.78, 5) is 13.9. The van der Waals surface area contributed by atoms with E-state index in [0.717, 1.165) is 12.8 Å². The molecule has 0 amide bonds. The molecule has 0 aromatic rings. The van der Waals surface area contributed by atoms with E-state index >= 15 is 0 Å². The Balaban J connectivity index is 2.63. The second-order valence-electron chi connectivity index (χ2n) is 5.03. The zero-order valence-corrected chi connectivity index (χ0v) is 11.2. The fraction of sp³-hybridized carbons (Fsp3) is 0.917. The zero-order valence-electron chi connectivity index (χ0n) is 11.2. The van der Waals surface area contributed by atoms with Crippen LogP contribution in [-0.2, 0) is 14.3 Å². The number of nitrogens with zero attached hydrogens (tertiary/aromatic N) is 1. The van der Waals surface area contributed by atoms with E-state index in [4.69, 9.17) is 15.2 Å². The van der Waals surface area contributed by atoms with Crippen LogP contribution in [0.3, 0.4) is 0 Å². The van der Waals surface area contributed by atoms with Gasteiger partial charge in [0.1, 0.15) is 5.54 Å². The van der Waals surface area contributed by atoms with Gasteiger partial charge >= 0.3 is 5.97 Å². The quantitative estimate of drug-likeness (QED) is 0.650. The lowest BCUT2D eigenvalue weighted by molar-refractivity contribution is -0.149. The Labute approximate surface area is 103 Å². The van der Waals surface area contributed by atoms with Gasteiger partial charge in [-0.15, -0.1) is 0 Å². The van der Waals surface area contributed by atoms with Crippen molar-refractivity contribution in [3.8, 4) is 0 Å². The van der Waals surface area contributed by atoms with Crippen molar-refractivity contribution >= 4 is 5.97 Å². The summed E-state index contributed by atoms with van der Waals surface area (Å²) in [6.07, 6.45) is 2.02. The van der Waals surface area contributed by atoms with E-state index in [0.29, 0.717) is 13.2 Å². The standard InChI is InChI=1S/C12H24N2O3/c1-9(7-16-3)14(2)8-12(13,10-5-6-10)11(15)17-4/h9-10H,5-8,13H2,1-4H3. The fourth-order valence-electron chi connectivity index (χ4n) is 2.09. The molecule has 0 heterocycles. The largest absolute Gasteiger partial charge is 0.468 e. The van der Waals surface area contributed by atoms with Gasteiger partial charge in [-0.25, -0.2) is 0 Å². The molecule has 5 nitrogen and oxygen atoms in total. The minimum atomic E-state index is -0.870. The van der Waals surface area contributed by atoms with Crippen LogP contribution in [0.2, 0.25) is 0 Å². The molecule has 2 unspecified atom stereocenters. The average molecular weight is 244 g/mol. The third-order valence-electron chi connectivity index (χ3n) is 3.54. The molecule has 17 heavy (non-hydrogen) atoms. The van der Waals surface area contributed by atoms with Crippen molar-refractivity contribution in [1.82, 2.24) is 4.90 Å². The molecule has 0 radical (unpaired) electrons. The first-order valence-electron chi connectivity index (χ1n) is 6.02. The second kappa shape index (κ2) is 5.80. The zero-order chi connectivity index (χ0) is 13.1. The van der Waals surface area contributed by atoms with E-state index < -0.39 is 5.54 Å². The van der Waals surface area contributed by atoms with E-state index in [1.54, 1.807) is 7.11 Å². The summed E-state index contributed by atoms with van der Waals surface area (Å²) < 4.78 is 9.94. The number of rotatable bonds is 7. The monoisotopic (exact) mass is 244 g/mol. The summed E-state index contributed by atoms with van der Waals surface area (Å²) >= 11 is 0. The molecule has 0 aromatic carbocycles.